The summed E-state index contributed by atoms with van der Waals surface area (Å²) in [6, 6.07) is 9.76. The minimum absolute atomic E-state index is 0. The summed E-state index contributed by atoms with van der Waals surface area (Å²) >= 11 is 0. The standard InChI is InChI=1S/C15H21N3O.HI/c1-4-11-17-15(16-5-2)18(3)12-13-19-14-9-7-6-8-10-14;/h1,6-10H,5,11-13H2,2-3H3,(H,16,17);1H. The average Bonchev–Trinajstić information content (AvgIpc) is 2.44. The van der Waals surface area contributed by atoms with Gasteiger partial charge >= 0.3 is 0 Å². The van der Waals surface area contributed by atoms with Crippen molar-refractivity contribution in [3.05, 3.63) is 30.3 Å². The van der Waals surface area contributed by atoms with Crippen molar-refractivity contribution < 1.29 is 4.74 Å². The summed E-state index contributed by atoms with van der Waals surface area (Å²) in [6.45, 7) is 4.56. The number of aliphatic imine (C=N–C) groups is 1. The molecule has 0 aliphatic carbocycles. The number of terminal acetylenes is 1. The van der Waals surface area contributed by atoms with Gasteiger partial charge < -0.3 is 15.0 Å². The Morgan fingerprint density at radius 2 is 2.10 bits per heavy atom. The lowest BCUT2D eigenvalue weighted by Crippen LogP contribution is -2.40. The van der Waals surface area contributed by atoms with Gasteiger partial charge in [-0.25, -0.2) is 4.99 Å². The van der Waals surface area contributed by atoms with E-state index in [9.17, 15) is 0 Å². The van der Waals surface area contributed by atoms with Gasteiger partial charge in [-0.2, -0.15) is 0 Å². The van der Waals surface area contributed by atoms with Crippen LogP contribution >= 0.6 is 24.0 Å². The van der Waals surface area contributed by atoms with Gasteiger partial charge in [0.15, 0.2) is 5.96 Å². The average molecular weight is 387 g/mol. The van der Waals surface area contributed by atoms with Crippen LogP contribution in [-0.4, -0.2) is 44.1 Å². The SMILES string of the molecule is C#CCN=C(NCC)N(C)CCOc1ccccc1.I. The second-order valence-corrected chi connectivity index (χ2v) is 3.96. The van der Waals surface area contributed by atoms with Crippen molar-refractivity contribution in [1.82, 2.24) is 10.2 Å². The summed E-state index contributed by atoms with van der Waals surface area (Å²) in [4.78, 5) is 6.30. The number of likely N-dealkylation sites (N-methyl/N-ethyl adjacent to an activating group) is 1. The summed E-state index contributed by atoms with van der Waals surface area (Å²) in [7, 11) is 1.96. The Labute approximate surface area is 138 Å². The third-order valence-electron chi connectivity index (χ3n) is 2.46. The first-order valence-electron chi connectivity index (χ1n) is 6.38. The van der Waals surface area contributed by atoms with E-state index < -0.39 is 0 Å². The zero-order valence-electron chi connectivity index (χ0n) is 12.0. The number of ether oxygens (including phenoxy) is 1. The number of hydrogen-bond donors (Lipinski definition) is 1. The molecule has 0 spiro atoms. The number of halogens is 1. The lowest BCUT2D eigenvalue weighted by atomic mass is 10.3. The van der Waals surface area contributed by atoms with Crippen molar-refractivity contribution in [2.75, 3.05) is 33.3 Å². The number of guanidine groups is 1. The minimum atomic E-state index is 0. The maximum Gasteiger partial charge on any atom is 0.194 e. The molecule has 4 nitrogen and oxygen atoms in total. The maximum absolute atomic E-state index is 5.64. The third-order valence-corrected chi connectivity index (χ3v) is 2.46. The van der Waals surface area contributed by atoms with E-state index in [1.54, 1.807) is 0 Å². The molecule has 1 aromatic rings. The van der Waals surface area contributed by atoms with E-state index in [2.05, 4.69) is 16.2 Å². The highest BCUT2D eigenvalue weighted by Crippen LogP contribution is 2.07. The van der Waals surface area contributed by atoms with Crippen molar-refractivity contribution in [3.8, 4) is 18.1 Å². The molecule has 0 amide bonds. The van der Waals surface area contributed by atoms with Crippen molar-refractivity contribution in [1.29, 1.82) is 0 Å². The van der Waals surface area contributed by atoms with E-state index in [-0.39, 0.29) is 24.0 Å². The Hall–Kier alpha value is -1.42. The monoisotopic (exact) mass is 387 g/mol. The van der Waals surface area contributed by atoms with Gasteiger partial charge in [0.1, 0.15) is 18.9 Å². The lowest BCUT2D eigenvalue weighted by Gasteiger charge is -2.21. The summed E-state index contributed by atoms with van der Waals surface area (Å²) in [6.07, 6.45) is 5.22. The van der Waals surface area contributed by atoms with Crippen LogP contribution in [-0.2, 0) is 0 Å². The van der Waals surface area contributed by atoms with Crippen LogP contribution in [0.5, 0.6) is 5.75 Å². The number of nitrogens with one attached hydrogen (secondary N) is 1. The lowest BCUT2D eigenvalue weighted by molar-refractivity contribution is 0.281. The van der Waals surface area contributed by atoms with E-state index in [1.165, 1.54) is 0 Å². The number of rotatable bonds is 6. The van der Waals surface area contributed by atoms with E-state index >= 15 is 0 Å². The quantitative estimate of drug-likeness (QED) is 0.352. The van der Waals surface area contributed by atoms with Crippen LogP contribution in [0.4, 0.5) is 0 Å². The molecule has 1 rings (SSSR count). The van der Waals surface area contributed by atoms with E-state index in [1.807, 2.05) is 49.2 Å². The highest BCUT2D eigenvalue weighted by molar-refractivity contribution is 14.0. The normalized spacial score (nSPS) is 10.2. The molecule has 0 bridgehead atoms. The highest BCUT2D eigenvalue weighted by Gasteiger charge is 2.04. The Kier molecular flexibility index (Phi) is 10.6. The van der Waals surface area contributed by atoms with Gasteiger partial charge in [-0.15, -0.1) is 30.4 Å². The summed E-state index contributed by atoms with van der Waals surface area (Å²) in [5, 5.41) is 3.19. The first kappa shape index (κ1) is 18.6. The molecule has 0 aliphatic rings. The molecule has 0 radical (unpaired) electrons. The Morgan fingerprint density at radius 1 is 1.40 bits per heavy atom. The van der Waals surface area contributed by atoms with Gasteiger partial charge in [0.2, 0.25) is 0 Å². The van der Waals surface area contributed by atoms with Crippen molar-refractivity contribution in [2.24, 2.45) is 4.99 Å². The van der Waals surface area contributed by atoms with Gasteiger partial charge in [-0.3, -0.25) is 0 Å². The molecule has 1 N–H and O–H groups in total. The predicted octanol–water partition coefficient (Wildman–Crippen LogP) is 2.21. The highest BCUT2D eigenvalue weighted by atomic mass is 127. The molecule has 0 aliphatic heterocycles. The van der Waals surface area contributed by atoms with Crippen LogP contribution in [0.1, 0.15) is 6.92 Å². The predicted molar refractivity (Wildman–Crippen MR) is 94.8 cm³/mol. The Bertz CT molecular complexity index is 428. The van der Waals surface area contributed by atoms with E-state index in [0.29, 0.717) is 13.2 Å². The molecular formula is C15H22IN3O. The zero-order valence-corrected chi connectivity index (χ0v) is 14.3. The first-order chi connectivity index (χ1) is 9.27. The van der Waals surface area contributed by atoms with Gasteiger partial charge in [0, 0.05) is 13.6 Å². The molecular weight excluding hydrogens is 365 g/mol. The fourth-order valence-corrected chi connectivity index (χ4v) is 1.51. The second kappa shape index (κ2) is 11.4. The maximum atomic E-state index is 5.64. The van der Waals surface area contributed by atoms with E-state index in [4.69, 9.17) is 11.2 Å². The molecule has 0 saturated carbocycles. The summed E-state index contributed by atoms with van der Waals surface area (Å²) in [5.74, 6) is 4.19. The molecule has 0 atom stereocenters. The third kappa shape index (κ3) is 7.24. The van der Waals surface area contributed by atoms with Gasteiger partial charge in [-0.05, 0) is 19.1 Å². The molecule has 0 fully saturated rings. The molecule has 5 heteroatoms. The molecule has 110 valence electrons. The number of hydrogen-bond acceptors (Lipinski definition) is 2. The Balaban J connectivity index is 0.00000361. The van der Waals surface area contributed by atoms with E-state index in [0.717, 1.165) is 24.8 Å². The summed E-state index contributed by atoms with van der Waals surface area (Å²) in [5.41, 5.74) is 0. The smallest absolute Gasteiger partial charge is 0.194 e. The van der Waals surface area contributed by atoms with Crippen molar-refractivity contribution >= 4 is 29.9 Å². The van der Waals surface area contributed by atoms with Crippen molar-refractivity contribution in [3.63, 3.8) is 0 Å². The molecule has 1 aromatic carbocycles. The van der Waals surface area contributed by atoms with Crippen molar-refractivity contribution in [2.45, 2.75) is 6.92 Å². The van der Waals surface area contributed by atoms with Crippen LogP contribution in [0.3, 0.4) is 0 Å². The molecule has 0 heterocycles. The molecule has 20 heavy (non-hydrogen) atoms. The second-order valence-electron chi connectivity index (χ2n) is 3.96. The minimum Gasteiger partial charge on any atom is -0.492 e. The molecule has 0 aromatic heterocycles. The molecule has 0 unspecified atom stereocenters. The first-order valence-corrected chi connectivity index (χ1v) is 6.38. The number of benzene rings is 1. The number of para-hydroxylation sites is 1. The van der Waals surface area contributed by atoms with Crippen LogP contribution in [0.15, 0.2) is 35.3 Å². The Morgan fingerprint density at radius 3 is 2.70 bits per heavy atom. The number of nitrogens with zero attached hydrogens (tertiary/aromatic N) is 2. The topological polar surface area (TPSA) is 36.9 Å². The molecule has 0 saturated heterocycles. The summed E-state index contributed by atoms with van der Waals surface area (Å²) < 4.78 is 5.64. The fourth-order valence-electron chi connectivity index (χ4n) is 1.51. The van der Waals surface area contributed by atoms with Gasteiger partial charge in [-0.1, -0.05) is 24.1 Å². The van der Waals surface area contributed by atoms with Gasteiger partial charge in [0.25, 0.3) is 0 Å². The van der Waals surface area contributed by atoms with Crippen LogP contribution < -0.4 is 10.1 Å². The zero-order chi connectivity index (χ0) is 13.9. The van der Waals surface area contributed by atoms with Gasteiger partial charge in [0.05, 0.1) is 6.54 Å². The van der Waals surface area contributed by atoms with Crippen LogP contribution in [0.2, 0.25) is 0 Å². The largest absolute Gasteiger partial charge is 0.492 e. The fraction of sp³-hybridized carbons (Fsp3) is 0.400. The van der Waals surface area contributed by atoms with Crippen LogP contribution in [0.25, 0.3) is 0 Å². The van der Waals surface area contributed by atoms with Crippen LogP contribution in [0, 0.1) is 12.3 Å².